The molecule has 19 heavy (non-hydrogen) atoms. The van der Waals surface area contributed by atoms with Crippen LogP contribution in [0.2, 0.25) is 0 Å². The summed E-state index contributed by atoms with van der Waals surface area (Å²) >= 11 is 0. The van der Waals surface area contributed by atoms with E-state index in [0.717, 1.165) is 6.20 Å². The number of pyridine rings is 1. The monoisotopic (exact) mass is 272 g/mol. The van der Waals surface area contributed by atoms with Crippen LogP contribution >= 0.6 is 0 Å². The van der Waals surface area contributed by atoms with Crippen molar-refractivity contribution in [1.29, 1.82) is 0 Å². The highest BCUT2D eigenvalue weighted by Gasteiger charge is 2.41. The van der Waals surface area contributed by atoms with Gasteiger partial charge in [-0.25, -0.2) is 0 Å². The molecule has 0 bridgehead atoms. The second-order valence-corrected chi connectivity index (χ2v) is 4.40. The fourth-order valence-electron chi connectivity index (χ4n) is 2.21. The van der Waals surface area contributed by atoms with Gasteiger partial charge in [-0.15, -0.1) is 0 Å². The minimum Gasteiger partial charge on any atom is -0.258 e. The number of hydrogen-bond acceptors (Lipinski definition) is 3. The number of nitro groups is 1. The molecule has 1 aliphatic carbocycles. The third-order valence-corrected chi connectivity index (χ3v) is 3.18. The molecule has 1 atom stereocenters. The molecule has 0 radical (unpaired) electrons. The van der Waals surface area contributed by atoms with Gasteiger partial charge in [0.2, 0.25) is 0 Å². The van der Waals surface area contributed by atoms with Crippen LogP contribution in [0.15, 0.2) is 24.5 Å². The molecular formula is C12H11F3N2O2. The first kappa shape index (κ1) is 13.5. The molecule has 1 heterocycles. The maximum Gasteiger partial charge on any atom is 0.392 e. The number of aromatic nitrogens is 1. The molecule has 1 aromatic heterocycles. The van der Waals surface area contributed by atoms with Crippen LogP contribution in [0.25, 0.3) is 5.57 Å². The molecular weight excluding hydrogens is 261 g/mol. The van der Waals surface area contributed by atoms with Crippen molar-refractivity contribution in [1.82, 2.24) is 4.98 Å². The Morgan fingerprint density at radius 1 is 1.42 bits per heavy atom. The first-order valence-corrected chi connectivity index (χ1v) is 5.74. The quantitative estimate of drug-likeness (QED) is 0.608. The van der Waals surface area contributed by atoms with E-state index < -0.39 is 17.0 Å². The molecule has 0 aromatic carbocycles. The summed E-state index contributed by atoms with van der Waals surface area (Å²) in [6.07, 6.45) is -0.112. The van der Waals surface area contributed by atoms with Crippen LogP contribution in [0.4, 0.5) is 18.9 Å². The summed E-state index contributed by atoms with van der Waals surface area (Å²) in [5, 5.41) is 10.9. The molecule has 102 valence electrons. The summed E-state index contributed by atoms with van der Waals surface area (Å²) in [4.78, 5) is 13.9. The fraction of sp³-hybridized carbons (Fsp3) is 0.417. The van der Waals surface area contributed by atoms with Gasteiger partial charge in [0.15, 0.2) is 0 Å². The van der Waals surface area contributed by atoms with Crippen molar-refractivity contribution in [3.05, 3.63) is 40.2 Å². The third-order valence-electron chi connectivity index (χ3n) is 3.18. The van der Waals surface area contributed by atoms with Crippen molar-refractivity contribution < 1.29 is 18.1 Å². The van der Waals surface area contributed by atoms with Crippen molar-refractivity contribution in [2.45, 2.75) is 25.4 Å². The molecule has 4 nitrogen and oxygen atoms in total. The molecule has 1 aromatic rings. The number of alkyl halides is 3. The molecule has 1 unspecified atom stereocenters. The minimum absolute atomic E-state index is 0.0336. The van der Waals surface area contributed by atoms with Gasteiger partial charge in [0.1, 0.15) is 6.20 Å². The number of halogens is 3. The van der Waals surface area contributed by atoms with Crippen molar-refractivity contribution in [2.24, 2.45) is 5.92 Å². The van der Waals surface area contributed by atoms with Crippen molar-refractivity contribution in [2.75, 3.05) is 0 Å². The lowest BCUT2D eigenvalue weighted by atomic mass is 9.85. The predicted molar refractivity (Wildman–Crippen MR) is 62.3 cm³/mol. The van der Waals surface area contributed by atoms with Crippen LogP contribution in [0.3, 0.4) is 0 Å². The highest BCUT2D eigenvalue weighted by molar-refractivity contribution is 5.72. The van der Waals surface area contributed by atoms with Gasteiger partial charge in [0.25, 0.3) is 5.69 Å². The largest absolute Gasteiger partial charge is 0.392 e. The Labute approximate surface area is 107 Å². The first-order chi connectivity index (χ1) is 8.89. The molecule has 1 aliphatic rings. The summed E-state index contributed by atoms with van der Waals surface area (Å²) in [6, 6.07) is 1.39. The lowest BCUT2D eigenvalue weighted by molar-refractivity contribution is -0.385. The Hall–Kier alpha value is -1.92. The van der Waals surface area contributed by atoms with Crippen LogP contribution in [-0.2, 0) is 0 Å². The average Bonchev–Trinajstić information content (AvgIpc) is 2.38. The van der Waals surface area contributed by atoms with E-state index in [-0.39, 0.29) is 30.5 Å². The zero-order chi connectivity index (χ0) is 14.0. The Balaban J connectivity index is 2.33. The second-order valence-electron chi connectivity index (χ2n) is 4.40. The smallest absolute Gasteiger partial charge is 0.258 e. The third kappa shape index (κ3) is 2.91. The van der Waals surface area contributed by atoms with E-state index in [4.69, 9.17) is 0 Å². The van der Waals surface area contributed by atoms with E-state index >= 15 is 0 Å². The summed E-state index contributed by atoms with van der Waals surface area (Å²) in [5.74, 6) is -1.43. The molecule has 0 spiro atoms. The van der Waals surface area contributed by atoms with Crippen LogP contribution in [-0.4, -0.2) is 16.1 Å². The van der Waals surface area contributed by atoms with Crippen LogP contribution in [0.1, 0.15) is 24.8 Å². The lowest BCUT2D eigenvalue weighted by Gasteiger charge is -2.24. The van der Waals surface area contributed by atoms with E-state index in [1.807, 2.05) is 0 Å². The van der Waals surface area contributed by atoms with Crippen LogP contribution in [0, 0.1) is 16.0 Å². The van der Waals surface area contributed by atoms with Crippen LogP contribution in [0.5, 0.6) is 0 Å². The standard InChI is InChI=1S/C12H11F3N2O2/c13-12(14,15)9-3-1-2-8(6-9)10-4-5-16-7-11(10)17(18)19/h2,4-5,7,9H,1,3,6H2. The van der Waals surface area contributed by atoms with E-state index in [0.29, 0.717) is 5.57 Å². The van der Waals surface area contributed by atoms with E-state index in [9.17, 15) is 23.3 Å². The van der Waals surface area contributed by atoms with Gasteiger partial charge in [-0.3, -0.25) is 15.1 Å². The molecule has 7 heteroatoms. The summed E-state index contributed by atoms with van der Waals surface area (Å²) in [7, 11) is 0. The van der Waals surface area contributed by atoms with Crippen molar-refractivity contribution >= 4 is 11.3 Å². The SMILES string of the molecule is O=[N+]([O-])c1cnccc1C1=CCCC(C(F)(F)F)C1. The van der Waals surface area contributed by atoms with Gasteiger partial charge in [-0.2, -0.15) is 13.2 Å². The maximum absolute atomic E-state index is 12.7. The van der Waals surface area contributed by atoms with Gasteiger partial charge < -0.3 is 0 Å². The maximum atomic E-state index is 12.7. The zero-order valence-electron chi connectivity index (χ0n) is 9.85. The Morgan fingerprint density at radius 2 is 2.16 bits per heavy atom. The van der Waals surface area contributed by atoms with Crippen molar-refractivity contribution in [3.63, 3.8) is 0 Å². The molecule has 2 rings (SSSR count). The highest BCUT2D eigenvalue weighted by atomic mass is 19.4. The number of allylic oxidation sites excluding steroid dienone is 2. The van der Waals surface area contributed by atoms with Crippen LogP contribution < -0.4 is 0 Å². The van der Waals surface area contributed by atoms with Crippen molar-refractivity contribution in [3.8, 4) is 0 Å². The Morgan fingerprint density at radius 3 is 2.79 bits per heavy atom. The zero-order valence-corrected chi connectivity index (χ0v) is 9.85. The number of nitrogens with zero attached hydrogens (tertiary/aromatic N) is 2. The molecule has 0 saturated carbocycles. The van der Waals surface area contributed by atoms with Gasteiger partial charge >= 0.3 is 6.18 Å². The van der Waals surface area contributed by atoms with Gasteiger partial charge in [0.05, 0.1) is 16.4 Å². The Kier molecular flexibility index (Phi) is 3.55. The Bertz CT molecular complexity index is 526. The summed E-state index contributed by atoms with van der Waals surface area (Å²) < 4.78 is 38.1. The topological polar surface area (TPSA) is 56.0 Å². The summed E-state index contributed by atoms with van der Waals surface area (Å²) in [6.45, 7) is 0. The van der Waals surface area contributed by atoms with E-state index in [1.165, 1.54) is 12.3 Å². The van der Waals surface area contributed by atoms with Gasteiger partial charge in [-0.05, 0) is 30.9 Å². The first-order valence-electron chi connectivity index (χ1n) is 5.74. The second kappa shape index (κ2) is 4.99. The summed E-state index contributed by atoms with van der Waals surface area (Å²) in [5.41, 5.74) is 0.355. The normalized spacial score (nSPS) is 19.9. The predicted octanol–water partition coefficient (Wildman–Crippen LogP) is 3.74. The average molecular weight is 272 g/mol. The molecule has 0 N–H and O–H groups in total. The van der Waals surface area contributed by atoms with Gasteiger partial charge in [-0.1, -0.05) is 6.08 Å². The minimum atomic E-state index is -4.26. The van der Waals surface area contributed by atoms with E-state index in [2.05, 4.69) is 4.98 Å². The molecule has 0 saturated heterocycles. The molecule has 0 fully saturated rings. The fourth-order valence-corrected chi connectivity index (χ4v) is 2.21. The highest BCUT2D eigenvalue weighted by Crippen LogP contribution is 2.41. The van der Waals surface area contributed by atoms with E-state index in [1.54, 1.807) is 6.08 Å². The molecule has 0 aliphatic heterocycles. The number of rotatable bonds is 2. The lowest BCUT2D eigenvalue weighted by Crippen LogP contribution is -2.24. The van der Waals surface area contributed by atoms with Gasteiger partial charge in [0, 0.05) is 6.20 Å². The molecule has 0 amide bonds. The number of hydrogen-bond donors (Lipinski definition) is 0.